The standard InChI is InChI=1S/C11H12N2O/c1-14-11(7-13-8-11)10-4-2-9(6-12)3-5-10/h2-5,13H,7-8H2,1H3. The van der Waals surface area contributed by atoms with Gasteiger partial charge in [0.1, 0.15) is 5.60 Å². The Labute approximate surface area is 83.3 Å². The minimum Gasteiger partial charge on any atom is -0.371 e. The van der Waals surface area contributed by atoms with Crippen molar-refractivity contribution in [3.05, 3.63) is 35.4 Å². The fourth-order valence-electron chi connectivity index (χ4n) is 1.67. The van der Waals surface area contributed by atoms with Gasteiger partial charge in [-0.3, -0.25) is 0 Å². The minimum absolute atomic E-state index is 0.173. The second-order valence-corrected chi connectivity index (χ2v) is 3.49. The summed E-state index contributed by atoms with van der Waals surface area (Å²) in [6.07, 6.45) is 0. The lowest BCUT2D eigenvalue weighted by molar-refractivity contribution is -0.0565. The maximum absolute atomic E-state index is 8.67. The molecule has 1 N–H and O–H groups in total. The van der Waals surface area contributed by atoms with Crippen LogP contribution in [0.2, 0.25) is 0 Å². The zero-order valence-corrected chi connectivity index (χ0v) is 8.08. The van der Waals surface area contributed by atoms with Gasteiger partial charge in [0.05, 0.1) is 11.6 Å². The summed E-state index contributed by atoms with van der Waals surface area (Å²) < 4.78 is 5.49. The summed E-state index contributed by atoms with van der Waals surface area (Å²) in [5.74, 6) is 0. The van der Waals surface area contributed by atoms with Gasteiger partial charge >= 0.3 is 0 Å². The number of rotatable bonds is 2. The van der Waals surface area contributed by atoms with Gasteiger partial charge in [-0.05, 0) is 17.7 Å². The van der Waals surface area contributed by atoms with E-state index >= 15 is 0 Å². The quantitative estimate of drug-likeness (QED) is 0.753. The van der Waals surface area contributed by atoms with E-state index in [1.54, 1.807) is 7.11 Å². The molecule has 1 aliphatic rings. The lowest BCUT2D eigenvalue weighted by Gasteiger charge is -2.41. The normalized spacial score (nSPS) is 18.3. The average molecular weight is 188 g/mol. The minimum atomic E-state index is -0.173. The molecule has 0 aliphatic carbocycles. The summed E-state index contributed by atoms with van der Waals surface area (Å²) in [7, 11) is 1.72. The first-order valence-electron chi connectivity index (χ1n) is 4.57. The molecule has 0 saturated carbocycles. The Kier molecular flexibility index (Phi) is 2.24. The number of methoxy groups -OCH3 is 1. The van der Waals surface area contributed by atoms with E-state index in [1.165, 1.54) is 0 Å². The van der Waals surface area contributed by atoms with Crippen LogP contribution in [0.15, 0.2) is 24.3 Å². The Bertz CT molecular complexity index is 354. The second-order valence-electron chi connectivity index (χ2n) is 3.49. The SMILES string of the molecule is COC1(c2ccc(C#N)cc2)CNC1. The van der Waals surface area contributed by atoms with Gasteiger partial charge in [0.15, 0.2) is 0 Å². The maximum Gasteiger partial charge on any atom is 0.117 e. The first kappa shape index (κ1) is 9.20. The van der Waals surface area contributed by atoms with Crippen molar-refractivity contribution in [3.63, 3.8) is 0 Å². The Hall–Kier alpha value is -1.37. The van der Waals surface area contributed by atoms with Crippen molar-refractivity contribution < 1.29 is 4.74 Å². The molecular formula is C11H12N2O. The topological polar surface area (TPSA) is 45.0 Å². The highest BCUT2D eigenvalue weighted by molar-refractivity contribution is 5.35. The number of ether oxygens (including phenoxy) is 1. The molecule has 0 spiro atoms. The van der Waals surface area contributed by atoms with Crippen molar-refractivity contribution in [1.82, 2.24) is 5.32 Å². The van der Waals surface area contributed by atoms with E-state index in [4.69, 9.17) is 10.00 Å². The van der Waals surface area contributed by atoms with Gasteiger partial charge in [0, 0.05) is 20.2 Å². The largest absolute Gasteiger partial charge is 0.371 e. The van der Waals surface area contributed by atoms with Gasteiger partial charge in [-0.1, -0.05) is 12.1 Å². The summed E-state index contributed by atoms with van der Waals surface area (Å²) >= 11 is 0. The van der Waals surface area contributed by atoms with Crippen LogP contribution >= 0.6 is 0 Å². The predicted molar refractivity (Wildman–Crippen MR) is 52.7 cm³/mol. The molecule has 1 aromatic rings. The maximum atomic E-state index is 8.67. The molecule has 3 nitrogen and oxygen atoms in total. The summed E-state index contributed by atoms with van der Waals surface area (Å²) in [5, 5.41) is 11.9. The van der Waals surface area contributed by atoms with Crippen LogP contribution in [0.4, 0.5) is 0 Å². The average Bonchev–Trinajstić information content (AvgIpc) is 2.18. The fourth-order valence-corrected chi connectivity index (χ4v) is 1.67. The molecule has 1 aromatic carbocycles. The fraction of sp³-hybridized carbons (Fsp3) is 0.364. The smallest absolute Gasteiger partial charge is 0.117 e. The Morgan fingerprint density at radius 1 is 1.36 bits per heavy atom. The molecule has 1 saturated heterocycles. The van der Waals surface area contributed by atoms with Crippen LogP contribution in [0.5, 0.6) is 0 Å². The van der Waals surface area contributed by atoms with E-state index in [0.717, 1.165) is 18.7 Å². The van der Waals surface area contributed by atoms with E-state index < -0.39 is 0 Å². The van der Waals surface area contributed by atoms with Crippen LogP contribution < -0.4 is 5.32 Å². The number of benzene rings is 1. The van der Waals surface area contributed by atoms with Gasteiger partial charge in [-0.25, -0.2) is 0 Å². The van der Waals surface area contributed by atoms with Gasteiger partial charge in [0.2, 0.25) is 0 Å². The molecule has 1 aliphatic heterocycles. The zero-order chi connectivity index (χ0) is 10.0. The first-order valence-corrected chi connectivity index (χ1v) is 4.57. The molecule has 72 valence electrons. The Morgan fingerprint density at radius 3 is 2.36 bits per heavy atom. The van der Waals surface area contributed by atoms with E-state index in [1.807, 2.05) is 24.3 Å². The molecule has 0 radical (unpaired) electrons. The van der Waals surface area contributed by atoms with Gasteiger partial charge in [0.25, 0.3) is 0 Å². The number of nitrogens with one attached hydrogen (secondary N) is 1. The molecule has 0 unspecified atom stereocenters. The molecule has 0 amide bonds. The molecule has 0 aromatic heterocycles. The third-order valence-corrected chi connectivity index (χ3v) is 2.75. The number of nitrogens with zero attached hydrogens (tertiary/aromatic N) is 1. The van der Waals surface area contributed by atoms with Crippen LogP contribution in [0.3, 0.4) is 0 Å². The van der Waals surface area contributed by atoms with E-state index in [2.05, 4.69) is 11.4 Å². The van der Waals surface area contributed by atoms with Crippen molar-refractivity contribution in [2.24, 2.45) is 0 Å². The summed E-state index contributed by atoms with van der Waals surface area (Å²) in [4.78, 5) is 0. The lowest BCUT2D eigenvalue weighted by atomic mass is 9.87. The molecule has 14 heavy (non-hydrogen) atoms. The monoisotopic (exact) mass is 188 g/mol. The van der Waals surface area contributed by atoms with E-state index in [0.29, 0.717) is 5.56 Å². The predicted octanol–water partition coefficient (Wildman–Crippen LogP) is 1.00. The summed E-state index contributed by atoms with van der Waals surface area (Å²) in [6.45, 7) is 1.69. The summed E-state index contributed by atoms with van der Waals surface area (Å²) in [5.41, 5.74) is 1.65. The van der Waals surface area contributed by atoms with Crippen molar-refractivity contribution in [3.8, 4) is 6.07 Å². The second kappa shape index (κ2) is 3.41. The van der Waals surface area contributed by atoms with Crippen LogP contribution in [-0.2, 0) is 10.3 Å². The van der Waals surface area contributed by atoms with Crippen LogP contribution in [0.25, 0.3) is 0 Å². The zero-order valence-electron chi connectivity index (χ0n) is 8.08. The van der Waals surface area contributed by atoms with Gasteiger partial charge in [-0.15, -0.1) is 0 Å². The molecular weight excluding hydrogens is 176 g/mol. The third-order valence-electron chi connectivity index (χ3n) is 2.75. The molecule has 1 heterocycles. The van der Waals surface area contributed by atoms with Crippen molar-refractivity contribution in [2.45, 2.75) is 5.60 Å². The van der Waals surface area contributed by atoms with E-state index in [9.17, 15) is 0 Å². The van der Waals surface area contributed by atoms with Crippen molar-refractivity contribution in [1.29, 1.82) is 5.26 Å². The molecule has 2 rings (SSSR count). The molecule has 1 fully saturated rings. The Balaban J connectivity index is 2.29. The summed E-state index contributed by atoms with van der Waals surface area (Å²) in [6, 6.07) is 9.68. The Morgan fingerprint density at radius 2 is 2.00 bits per heavy atom. The lowest BCUT2D eigenvalue weighted by Crippen LogP contribution is -2.57. The van der Waals surface area contributed by atoms with Gasteiger partial charge < -0.3 is 10.1 Å². The number of hydrogen-bond donors (Lipinski definition) is 1. The molecule has 3 heteroatoms. The van der Waals surface area contributed by atoms with E-state index in [-0.39, 0.29) is 5.60 Å². The van der Waals surface area contributed by atoms with Gasteiger partial charge in [-0.2, -0.15) is 5.26 Å². The van der Waals surface area contributed by atoms with Crippen molar-refractivity contribution >= 4 is 0 Å². The number of nitriles is 1. The molecule has 0 atom stereocenters. The van der Waals surface area contributed by atoms with Crippen LogP contribution in [0, 0.1) is 11.3 Å². The van der Waals surface area contributed by atoms with Crippen LogP contribution in [-0.4, -0.2) is 20.2 Å². The molecule has 0 bridgehead atoms. The third kappa shape index (κ3) is 1.29. The number of hydrogen-bond acceptors (Lipinski definition) is 3. The highest BCUT2D eigenvalue weighted by atomic mass is 16.5. The highest BCUT2D eigenvalue weighted by Crippen LogP contribution is 2.29. The highest BCUT2D eigenvalue weighted by Gasteiger charge is 2.38. The van der Waals surface area contributed by atoms with Crippen LogP contribution in [0.1, 0.15) is 11.1 Å². The van der Waals surface area contributed by atoms with Crippen molar-refractivity contribution in [2.75, 3.05) is 20.2 Å². The first-order chi connectivity index (χ1) is 6.80.